The van der Waals surface area contributed by atoms with Gasteiger partial charge >= 0.3 is 0 Å². The van der Waals surface area contributed by atoms with Crippen LogP contribution in [0.1, 0.15) is 29.8 Å². The van der Waals surface area contributed by atoms with Crippen LogP contribution in [0.25, 0.3) is 0 Å². The van der Waals surface area contributed by atoms with Gasteiger partial charge in [0.2, 0.25) is 0 Å². The zero-order valence-corrected chi connectivity index (χ0v) is 14.8. The molecule has 4 rings (SSSR count). The van der Waals surface area contributed by atoms with Crippen LogP contribution in [-0.2, 0) is 17.7 Å². The van der Waals surface area contributed by atoms with E-state index in [0.717, 1.165) is 30.8 Å². The zero-order chi connectivity index (χ0) is 17.3. The Labute approximate surface area is 149 Å². The fourth-order valence-corrected chi connectivity index (χ4v) is 4.37. The van der Waals surface area contributed by atoms with Crippen LogP contribution in [-0.4, -0.2) is 45.9 Å². The highest BCUT2D eigenvalue weighted by molar-refractivity contribution is 5.17. The number of piperidine rings is 1. The standard InChI is InChI=1S/C21H26N2O2/c1-16-6-5-9-18(22-16)10-21(24)11-19-14-25-15-20(12-21)23(19)13-17-7-3-2-4-8-17/h2-9,19-20,24H,10-15H2,1H3. The lowest BCUT2D eigenvalue weighted by Crippen LogP contribution is -2.61. The van der Waals surface area contributed by atoms with Crippen molar-refractivity contribution in [2.45, 2.75) is 50.4 Å². The molecule has 2 aromatic rings. The summed E-state index contributed by atoms with van der Waals surface area (Å²) >= 11 is 0. The summed E-state index contributed by atoms with van der Waals surface area (Å²) in [6, 6.07) is 17.2. The normalized spacial score (nSPS) is 29.5. The van der Waals surface area contributed by atoms with E-state index in [0.29, 0.717) is 19.6 Å². The number of hydrogen-bond donors (Lipinski definition) is 1. The average molecular weight is 338 g/mol. The summed E-state index contributed by atoms with van der Waals surface area (Å²) in [5.74, 6) is 0. The SMILES string of the molecule is Cc1cccc(CC2(O)CC3COCC(C2)N3Cc2ccccc2)n1. The minimum Gasteiger partial charge on any atom is -0.389 e. The van der Waals surface area contributed by atoms with Crippen LogP contribution in [0.2, 0.25) is 0 Å². The van der Waals surface area contributed by atoms with E-state index in [1.165, 1.54) is 5.56 Å². The maximum atomic E-state index is 11.3. The lowest BCUT2D eigenvalue weighted by molar-refractivity contribution is -0.145. The number of ether oxygens (including phenoxy) is 1. The molecule has 0 radical (unpaired) electrons. The Morgan fingerprint density at radius 1 is 1.08 bits per heavy atom. The number of rotatable bonds is 4. The average Bonchev–Trinajstić information content (AvgIpc) is 2.57. The highest BCUT2D eigenvalue weighted by Gasteiger charge is 2.46. The third-order valence-electron chi connectivity index (χ3n) is 5.45. The van der Waals surface area contributed by atoms with E-state index < -0.39 is 5.60 Å². The molecule has 0 amide bonds. The van der Waals surface area contributed by atoms with E-state index >= 15 is 0 Å². The van der Waals surface area contributed by atoms with Crippen LogP contribution in [0.5, 0.6) is 0 Å². The van der Waals surface area contributed by atoms with Crippen molar-refractivity contribution in [1.29, 1.82) is 0 Å². The third kappa shape index (κ3) is 3.76. The topological polar surface area (TPSA) is 45.6 Å². The summed E-state index contributed by atoms with van der Waals surface area (Å²) in [4.78, 5) is 7.11. The van der Waals surface area contributed by atoms with Gasteiger partial charge in [0.25, 0.3) is 0 Å². The molecule has 0 aliphatic carbocycles. The molecule has 2 bridgehead atoms. The molecule has 25 heavy (non-hydrogen) atoms. The van der Waals surface area contributed by atoms with Crippen molar-refractivity contribution in [2.75, 3.05) is 13.2 Å². The molecule has 2 fully saturated rings. The third-order valence-corrected chi connectivity index (χ3v) is 5.45. The Kier molecular flexibility index (Phi) is 4.59. The first-order valence-corrected chi connectivity index (χ1v) is 9.14. The largest absolute Gasteiger partial charge is 0.389 e. The van der Waals surface area contributed by atoms with E-state index in [-0.39, 0.29) is 12.1 Å². The van der Waals surface area contributed by atoms with E-state index in [1.54, 1.807) is 0 Å². The van der Waals surface area contributed by atoms with Gasteiger partial charge in [-0.15, -0.1) is 0 Å². The highest BCUT2D eigenvalue weighted by atomic mass is 16.5. The minimum atomic E-state index is -0.687. The van der Waals surface area contributed by atoms with Crippen molar-refractivity contribution in [1.82, 2.24) is 9.88 Å². The predicted octanol–water partition coefficient (Wildman–Crippen LogP) is 2.73. The summed E-state index contributed by atoms with van der Waals surface area (Å²) in [5, 5.41) is 11.3. The maximum absolute atomic E-state index is 11.3. The molecule has 2 unspecified atom stereocenters. The first-order chi connectivity index (χ1) is 12.1. The fraction of sp³-hybridized carbons (Fsp3) is 0.476. The minimum absolute atomic E-state index is 0.266. The van der Waals surface area contributed by atoms with Gasteiger partial charge in [0.1, 0.15) is 0 Å². The van der Waals surface area contributed by atoms with Crippen LogP contribution < -0.4 is 0 Å². The molecule has 1 aromatic heterocycles. The molecule has 0 spiro atoms. The van der Waals surface area contributed by atoms with Crippen LogP contribution in [0, 0.1) is 6.92 Å². The molecule has 0 saturated carbocycles. The Morgan fingerprint density at radius 2 is 1.80 bits per heavy atom. The molecule has 3 heterocycles. The summed E-state index contributed by atoms with van der Waals surface area (Å²) in [6.45, 7) is 4.33. The second-order valence-electron chi connectivity index (χ2n) is 7.58. The lowest BCUT2D eigenvalue weighted by Gasteiger charge is -2.51. The predicted molar refractivity (Wildman–Crippen MR) is 97.2 cm³/mol. The number of pyridine rings is 1. The Hall–Kier alpha value is -1.75. The van der Waals surface area contributed by atoms with Crippen molar-refractivity contribution < 1.29 is 9.84 Å². The van der Waals surface area contributed by atoms with Gasteiger partial charge < -0.3 is 9.84 Å². The molecule has 2 aliphatic heterocycles. The van der Waals surface area contributed by atoms with Gasteiger partial charge in [-0.1, -0.05) is 36.4 Å². The number of aromatic nitrogens is 1. The molecule has 1 aromatic carbocycles. The van der Waals surface area contributed by atoms with E-state index in [4.69, 9.17) is 4.74 Å². The van der Waals surface area contributed by atoms with Crippen LogP contribution in [0.3, 0.4) is 0 Å². The molecule has 2 atom stereocenters. The fourth-order valence-electron chi connectivity index (χ4n) is 4.37. The van der Waals surface area contributed by atoms with Crippen molar-refractivity contribution in [3.8, 4) is 0 Å². The van der Waals surface area contributed by atoms with Gasteiger partial charge in [-0.05, 0) is 37.5 Å². The van der Waals surface area contributed by atoms with Crippen molar-refractivity contribution in [2.24, 2.45) is 0 Å². The van der Waals surface area contributed by atoms with Crippen molar-refractivity contribution >= 4 is 0 Å². The van der Waals surface area contributed by atoms with Crippen LogP contribution in [0.15, 0.2) is 48.5 Å². The quantitative estimate of drug-likeness (QED) is 0.931. The lowest BCUT2D eigenvalue weighted by atomic mass is 9.78. The number of fused-ring (bicyclic) bond motifs is 2. The molecule has 4 nitrogen and oxygen atoms in total. The van der Waals surface area contributed by atoms with Crippen LogP contribution in [0.4, 0.5) is 0 Å². The molecule has 132 valence electrons. The smallest absolute Gasteiger partial charge is 0.0734 e. The summed E-state index contributed by atoms with van der Waals surface area (Å²) in [7, 11) is 0. The second-order valence-corrected chi connectivity index (χ2v) is 7.58. The van der Waals surface area contributed by atoms with Crippen LogP contribution >= 0.6 is 0 Å². The van der Waals surface area contributed by atoms with E-state index in [1.807, 2.05) is 25.1 Å². The van der Waals surface area contributed by atoms with Gasteiger partial charge in [-0.2, -0.15) is 0 Å². The van der Waals surface area contributed by atoms with Gasteiger partial charge in [0, 0.05) is 36.4 Å². The van der Waals surface area contributed by atoms with E-state index in [9.17, 15) is 5.11 Å². The zero-order valence-electron chi connectivity index (χ0n) is 14.8. The van der Waals surface area contributed by atoms with Gasteiger partial charge in [-0.25, -0.2) is 0 Å². The second kappa shape index (κ2) is 6.87. The van der Waals surface area contributed by atoms with Crippen molar-refractivity contribution in [3.63, 3.8) is 0 Å². The first-order valence-electron chi connectivity index (χ1n) is 9.14. The van der Waals surface area contributed by atoms with Gasteiger partial charge in [0.05, 0.1) is 18.8 Å². The molecular formula is C21H26N2O2. The van der Waals surface area contributed by atoms with E-state index in [2.05, 4.69) is 40.2 Å². The number of benzene rings is 1. The summed E-state index contributed by atoms with van der Waals surface area (Å²) < 4.78 is 5.80. The number of morpholine rings is 1. The van der Waals surface area contributed by atoms with Gasteiger partial charge in [0.15, 0.2) is 0 Å². The first kappa shape index (κ1) is 16.7. The summed E-state index contributed by atoms with van der Waals surface area (Å²) in [6.07, 6.45) is 2.11. The Bertz CT molecular complexity index is 705. The maximum Gasteiger partial charge on any atom is 0.0734 e. The number of aryl methyl sites for hydroxylation is 1. The Morgan fingerprint density at radius 3 is 2.48 bits per heavy atom. The molecule has 2 aliphatic rings. The Balaban J connectivity index is 1.50. The monoisotopic (exact) mass is 338 g/mol. The molecular weight excluding hydrogens is 312 g/mol. The number of nitrogens with zero attached hydrogens (tertiary/aromatic N) is 2. The highest BCUT2D eigenvalue weighted by Crippen LogP contribution is 2.37. The van der Waals surface area contributed by atoms with Crippen molar-refractivity contribution in [3.05, 3.63) is 65.5 Å². The molecule has 4 heteroatoms. The number of hydrogen-bond acceptors (Lipinski definition) is 4. The number of aliphatic hydroxyl groups is 1. The molecule has 1 N–H and O–H groups in total. The molecule has 2 saturated heterocycles. The summed E-state index contributed by atoms with van der Waals surface area (Å²) in [5.41, 5.74) is 2.63. The van der Waals surface area contributed by atoms with Gasteiger partial charge in [-0.3, -0.25) is 9.88 Å².